The molecular weight excluding hydrogens is 432 g/mol. The van der Waals surface area contributed by atoms with Crippen molar-refractivity contribution >= 4 is 18.0 Å². The van der Waals surface area contributed by atoms with E-state index in [1.807, 2.05) is 43.3 Å². The van der Waals surface area contributed by atoms with Crippen LogP contribution in [0.5, 0.6) is 0 Å². The first-order valence-electron chi connectivity index (χ1n) is 11.7. The number of likely N-dealkylation sites (N-methyl/N-ethyl adjacent to an activating group) is 1. The summed E-state index contributed by atoms with van der Waals surface area (Å²) in [7, 11) is 0. The first kappa shape index (κ1) is 25.0. The van der Waals surface area contributed by atoms with Crippen LogP contribution in [-0.2, 0) is 14.3 Å². The number of amides is 2. The third kappa shape index (κ3) is 6.04. The molecule has 0 saturated carbocycles. The molecule has 0 bridgehead atoms. The van der Waals surface area contributed by atoms with Gasteiger partial charge in [-0.1, -0.05) is 54.6 Å². The molecule has 2 aromatic rings. The maximum absolute atomic E-state index is 13.0. The van der Waals surface area contributed by atoms with Gasteiger partial charge in [-0.2, -0.15) is 0 Å². The van der Waals surface area contributed by atoms with Crippen LogP contribution in [0.1, 0.15) is 49.7 Å². The molecule has 1 atom stereocenters. The van der Waals surface area contributed by atoms with Crippen LogP contribution < -0.4 is 5.32 Å². The maximum atomic E-state index is 13.0. The number of aliphatic carboxylic acids is 1. The molecule has 7 nitrogen and oxygen atoms in total. The molecule has 0 aliphatic heterocycles. The average molecular weight is 465 g/mol. The molecule has 34 heavy (non-hydrogen) atoms. The van der Waals surface area contributed by atoms with Crippen molar-refractivity contribution < 1.29 is 24.2 Å². The fourth-order valence-corrected chi connectivity index (χ4v) is 4.38. The summed E-state index contributed by atoms with van der Waals surface area (Å²) in [6.07, 6.45) is 2.34. The Morgan fingerprint density at radius 2 is 1.74 bits per heavy atom. The van der Waals surface area contributed by atoms with Gasteiger partial charge in [-0.15, -0.1) is 6.58 Å². The van der Waals surface area contributed by atoms with Crippen LogP contribution in [0.15, 0.2) is 61.2 Å². The van der Waals surface area contributed by atoms with E-state index in [9.17, 15) is 14.4 Å². The molecule has 0 saturated heterocycles. The second-order valence-corrected chi connectivity index (χ2v) is 8.30. The van der Waals surface area contributed by atoms with Gasteiger partial charge >= 0.3 is 12.1 Å². The molecule has 1 unspecified atom stereocenters. The minimum atomic E-state index is -1.03. The molecule has 1 aliphatic carbocycles. The van der Waals surface area contributed by atoms with Crippen molar-refractivity contribution in [2.75, 3.05) is 19.7 Å². The van der Waals surface area contributed by atoms with E-state index in [1.54, 1.807) is 11.0 Å². The molecule has 2 N–H and O–H groups in total. The van der Waals surface area contributed by atoms with Crippen LogP contribution in [-0.4, -0.2) is 53.7 Å². The monoisotopic (exact) mass is 464 g/mol. The molecule has 0 heterocycles. The van der Waals surface area contributed by atoms with Gasteiger partial charge < -0.3 is 20.1 Å². The van der Waals surface area contributed by atoms with Gasteiger partial charge in [0.15, 0.2) is 0 Å². The molecular formula is C27H32N2O5. The molecule has 0 spiro atoms. The van der Waals surface area contributed by atoms with Crippen molar-refractivity contribution in [3.8, 4) is 11.1 Å². The van der Waals surface area contributed by atoms with E-state index in [0.717, 1.165) is 35.1 Å². The number of hydrogen-bond donors (Lipinski definition) is 2. The van der Waals surface area contributed by atoms with E-state index in [1.165, 1.54) is 0 Å². The lowest BCUT2D eigenvalue weighted by molar-refractivity contribution is -0.138. The highest BCUT2D eigenvalue weighted by Gasteiger charge is 2.30. The number of ether oxygens (including phenoxy) is 1. The zero-order chi connectivity index (χ0) is 24.5. The second kappa shape index (κ2) is 12.0. The van der Waals surface area contributed by atoms with Crippen molar-refractivity contribution in [2.45, 2.75) is 44.6 Å². The summed E-state index contributed by atoms with van der Waals surface area (Å²) in [4.78, 5) is 38.5. The number of benzene rings is 2. The minimum absolute atomic E-state index is 0.00365. The second-order valence-electron chi connectivity index (χ2n) is 8.30. The number of carbonyl (C=O) groups is 3. The SMILES string of the molecule is C=CCCCN(CC)C(=O)C(CCC(=O)O)NC(=O)OCC1c2ccccc2-c2ccccc21. The summed E-state index contributed by atoms with van der Waals surface area (Å²) in [6.45, 7) is 6.64. The lowest BCUT2D eigenvalue weighted by Crippen LogP contribution is -2.49. The summed E-state index contributed by atoms with van der Waals surface area (Å²) < 4.78 is 5.56. The molecule has 3 rings (SSSR count). The van der Waals surface area contributed by atoms with Crippen LogP contribution in [0.3, 0.4) is 0 Å². The standard InChI is InChI=1S/C27H32N2O5/c1-3-5-10-17-29(4-2)26(32)24(15-16-25(30)31)28-27(33)34-18-23-21-13-8-6-11-19(21)20-12-7-9-14-22(20)23/h3,6-9,11-14,23-24H,1,4-5,10,15-18H2,2H3,(H,28,33)(H,30,31). The molecule has 180 valence electrons. The van der Waals surface area contributed by atoms with Crippen molar-refractivity contribution in [3.05, 3.63) is 72.3 Å². The van der Waals surface area contributed by atoms with Crippen LogP contribution in [0.25, 0.3) is 11.1 Å². The lowest BCUT2D eigenvalue weighted by atomic mass is 9.98. The highest BCUT2D eigenvalue weighted by atomic mass is 16.5. The Morgan fingerprint density at radius 1 is 1.12 bits per heavy atom. The first-order valence-corrected chi connectivity index (χ1v) is 11.7. The lowest BCUT2D eigenvalue weighted by Gasteiger charge is -2.26. The Labute approximate surface area is 200 Å². The van der Waals surface area contributed by atoms with E-state index in [4.69, 9.17) is 9.84 Å². The average Bonchev–Trinajstić information content (AvgIpc) is 3.16. The third-order valence-electron chi connectivity index (χ3n) is 6.11. The van der Waals surface area contributed by atoms with Gasteiger partial charge in [-0.25, -0.2) is 4.79 Å². The van der Waals surface area contributed by atoms with Gasteiger partial charge in [0.05, 0.1) is 0 Å². The normalized spacial score (nSPS) is 12.9. The minimum Gasteiger partial charge on any atom is -0.481 e. The van der Waals surface area contributed by atoms with Crippen molar-refractivity contribution in [1.82, 2.24) is 10.2 Å². The summed E-state index contributed by atoms with van der Waals surface area (Å²) >= 11 is 0. The van der Waals surface area contributed by atoms with E-state index < -0.39 is 18.1 Å². The number of hydrogen-bond acceptors (Lipinski definition) is 4. The number of carboxylic acid groups (broad SMARTS) is 1. The number of alkyl carbamates (subject to hydrolysis) is 1. The summed E-state index contributed by atoms with van der Waals surface area (Å²) in [5.41, 5.74) is 4.43. The van der Waals surface area contributed by atoms with Crippen LogP contribution >= 0.6 is 0 Å². The fourth-order valence-electron chi connectivity index (χ4n) is 4.38. The fraction of sp³-hybridized carbons (Fsp3) is 0.370. The van der Waals surface area contributed by atoms with Crippen molar-refractivity contribution in [2.24, 2.45) is 0 Å². The van der Waals surface area contributed by atoms with Crippen LogP contribution in [0.4, 0.5) is 4.79 Å². The Morgan fingerprint density at radius 3 is 2.29 bits per heavy atom. The molecule has 1 aliphatic rings. The number of unbranched alkanes of at least 4 members (excludes halogenated alkanes) is 1. The maximum Gasteiger partial charge on any atom is 0.407 e. The van der Waals surface area contributed by atoms with E-state index in [-0.39, 0.29) is 31.3 Å². The Kier molecular flexibility index (Phi) is 8.85. The molecule has 0 fully saturated rings. The Bertz CT molecular complexity index is 990. The predicted molar refractivity (Wildman–Crippen MR) is 131 cm³/mol. The van der Waals surface area contributed by atoms with Gasteiger partial charge in [0, 0.05) is 25.4 Å². The summed E-state index contributed by atoms with van der Waals surface area (Å²) in [5.74, 6) is -1.43. The quantitative estimate of drug-likeness (QED) is 0.354. The van der Waals surface area contributed by atoms with Gasteiger partial charge in [-0.3, -0.25) is 9.59 Å². The molecule has 2 amide bonds. The number of nitrogens with zero attached hydrogens (tertiary/aromatic N) is 1. The Balaban J connectivity index is 1.67. The molecule has 0 aromatic heterocycles. The summed E-state index contributed by atoms with van der Waals surface area (Å²) in [6, 6.07) is 15.1. The zero-order valence-electron chi connectivity index (χ0n) is 19.5. The number of nitrogens with one attached hydrogen (secondary N) is 1. The zero-order valence-corrected chi connectivity index (χ0v) is 19.5. The van der Waals surface area contributed by atoms with Crippen LogP contribution in [0.2, 0.25) is 0 Å². The number of rotatable bonds is 12. The number of carboxylic acids is 1. The molecule has 2 aromatic carbocycles. The van der Waals surface area contributed by atoms with E-state index in [0.29, 0.717) is 13.1 Å². The summed E-state index contributed by atoms with van der Waals surface area (Å²) in [5, 5.41) is 11.7. The highest BCUT2D eigenvalue weighted by Crippen LogP contribution is 2.44. The molecule has 7 heteroatoms. The third-order valence-corrected chi connectivity index (χ3v) is 6.11. The van der Waals surface area contributed by atoms with Gasteiger partial charge in [0.25, 0.3) is 0 Å². The Hall–Kier alpha value is -3.61. The van der Waals surface area contributed by atoms with Gasteiger partial charge in [-0.05, 0) is 48.4 Å². The van der Waals surface area contributed by atoms with E-state index in [2.05, 4.69) is 24.0 Å². The number of carbonyl (C=O) groups excluding carboxylic acids is 2. The number of allylic oxidation sites excluding steroid dienone is 1. The van der Waals surface area contributed by atoms with Gasteiger partial charge in [0.2, 0.25) is 5.91 Å². The number of fused-ring (bicyclic) bond motifs is 3. The topological polar surface area (TPSA) is 95.9 Å². The highest BCUT2D eigenvalue weighted by molar-refractivity contribution is 5.86. The first-order chi connectivity index (χ1) is 16.5. The largest absolute Gasteiger partial charge is 0.481 e. The van der Waals surface area contributed by atoms with Crippen molar-refractivity contribution in [1.29, 1.82) is 0 Å². The van der Waals surface area contributed by atoms with E-state index >= 15 is 0 Å². The predicted octanol–water partition coefficient (Wildman–Crippen LogP) is 4.57. The molecule has 0 radical (unpaired) electrons. The van der Waals surface area contributed by atoms with Gasteiger partial charge in [0.1, 0.15) is 12.6 Å². The smallest absolute Gasteiger partial charge is 0.407 e. The van der Waals surface area contributed by atoms with Crippen LogP contribution in [0, 0.1) is 0 Å². The van der Waals surface area contributed by atoms with Crippen molar-refractivity contribution in [3.63, 3.8) is 0 Å².